The number of benzene rings is 1. The molecule has 0 aliphatic heterocycles. The van der Waals surface area contributed by atoms with Crippen LogP contribution in [0.25, 0.3) is 10.9 Å². The van der Waals surface area contributed by atoms with Gasteiger partial charge in [0.15, 0.2) is 0 Å². The smallest absolute Gasteiger partial charge is 0.261 e. The van der Waals surface area contributed by atoms with E-state index in [2.05, 4.69) is 26.2 Å². The molecule has 4 nitrogen and oxygen atoms in total. The molecule has 1 aliphatic rings. The predicted octanol–water partition coefficient (Wildman–Crippen LogP) is 3.78. The third-order valence-corrected chi connectivity index (χ3v) is 5.20. The molecule has 1 aliphatic carbocycles. The number of halogens is 1. The summed E-state index contributed by atoms with van der Waals surface area (Å²) in [5.41, 5.74) is 0.832. The quantitative estimate of drug-likeness (QED) is 0.806. The van der Waals surface area contributed by atoms with Crippen LogP contribution in [0.1, 0.15) is 44.3 Å². The van der Waals surface area contributed by atoms with Gasteiger partial charge in [0, 0.05) is 17.1 Å². The summed E-state index contributed by atoms with van der Waals surface area (Å²) < 4.78 is 2.72. The molecule has 5 heteroatoms. The lowest BCUT2D eigenvalue weighted by Gasteiger charge is -2.23. The first-order chi connectivity index (χ1) is 11.1. The molecule has 0 saturated heterocycles. The largest absolute Gasteiger partial charge is 0.314 e. The number of rotatable bonds is 5. The summed E-state index contributed by atoms with van der Waals surface area (Å²) in [5.74, 6) is 0.794. The average Bonchev–Trinajstić information content (AvgIpc) is 2.56. The highest BCUT2D eigenvalue weighted by atomic mass is 79.9. The van der Waals surface area contributed by atoms with Gasteiger partial charge in [0.25, 0.3) is 5.56 Å². The van der Waals surface area contributed by atoms with Crippen molar-refractivity contribution in [2.24, 2.45) is 0 Å². The second-order valence-electron chi connectivity index (χ2n) is 6.42. The molecule has 23 heavy (non-hydrogen) atoms. The Morgan fingerprint density at radius 1 is 1.30 bits per heavy atom. The molecule has 1 N–H and O–H groups in total. The monoisotopic (exact) mass is 377 g/mol. The molecule has 0 bridgehead atoms. The molecular weight excluding hydrogens is 354 g/mol. The van der Waals surface area contributed by atoms with E-state index in [0.717, 1.165) is 35.3 Å². The van der Waals surface area contributed by atoms with Gasteiger partial charge in [-0.3, -0.25) is 9.36 Å². The van der Waals surface area contributed by atoms with E-state index in [-0.39, 0.29) is 5.56 Å². The second-order valence-corrected chi connectivity index (χ2v) is 7.34. The Hall–Kier alpha value is -1.20. The molecule has 2 aromatic rings. The molecule has 0 atom stereocenters. The van der Waals surface area contributed by atoms with E-state index in [4.69, 9.17) is 0 Å². The van der Waals surface area contributed by atoms with Crippen LogP contribution in [0.3, 0.4) is 0 Å². The summed E-state index contributed by atoms with van der Waals surface area (Å²) in [7, 11) is 0. The van der Waals surface area contributed by atoms with Crippen molar-refractivity contribution in [1.29, 1.82) is 0 Å². The molecule has 1 saturated carbocycles. The van der Waals surface area contributed by atoms with Crippen molar-refractivity contribution >= 4 is 26.8 Å². The molecule has 0 radical (unpaired) electrons. The molecule has 3 rings (SSSR count). The Morgan fingerprint density at radius 2 is 2.09 bits per heavy atom. The highest BCUT2D eigenvalue weighted by molar-refractivity contribution is 9.10. The van der Waals surface area contributed by atoms with Crippen molar-refractivity contribution in [2.75, 3.05) is 6.54 Å². The van der Waals surface area contributed by atoms with Crippen molar-refractivity contribution < 1.29 is 0 Å². The zero-order valence-electron chi connectivity index (χ0n) is 13.6. The molecule has 0 amide bonds. The number of fused-ring (bicyclic) bond motifs is 1. The van der Waals surface area contributed by atoms with Crippen molar-refractivity contribution in [3.63, 3.8) is 0 Å². The third-order valence-electron chi connectivity index (χ3n) is 4.70. The van der Waals surface area contributed by atoms with E-state index in [1.807, 2.05) is 25.1 Å². The molecular formula is C18H24BrN3O. The minimum absolute atomic E-state index is 0.0615. The number of aryl methyl sites for hydroxylation is 1. The molecule has 1 aromatic heterocycles. The lowest BCUT2D eigenvalue weighted by atomic mass is 9.95. The Kier molecular flexibility index (Phi) is 5.49. The van der Waals surface area contributed by atoms with Gasteiger partial charge < -0.3 is 5.32 Å². The lowest BCUT2D eigenvalue weighted by molar-refractivity contribution is 0.368. The third kappa shape index (κ3) is 4.01. The summed E-state index contributed by atoms with van der Waals surface area (Å²) in [6.45, 7) is 3.60. The summed E-state index contributed by atoms with van der Waals surface area (Å²) in [4.78, 5) is 17.2. The normalized spacial score (nSPS) is 16.1. The van der Waals surface area contributed by atoms with E-state index in [1.165, 1.54) is 32.1 Å². The van der Waals surface area contributed by atoms with Gasteiger partial charge in [0.1, 0.15) is 5.82 Å². The Morgan fingerprint density at radius 3 is 2.87 bits per heavy atom. The fraction of sp³-hybridized carbons (Fsp3) is 0.556. The van der Waals surface area contributed by atoms with Crippen LogP contribution in [0.2, 0.25) is 0 Å². The van der Waals surface area contributed by atoms with Gasteiger partial charge in [0.2, 0.25) is 0 Å². The number of nitrogens with one attached hydrogen (secondary N) is 1. The van der Waals surface area contributed by atoms with E-state index in [0.29, 0.717) is 11.4 Å². The van der Waals surface area contributed by atoms with Crippen molar-refractivity contribution in [3.8, 4) is 0 Å². The minimum atomic E-state index is 0.0615. The van der Waals surface area contributed by atoms with Crippen LogP contribution < -0.4 is 10.9 Å². The van der Waals surface area contributed by atoms with Crippen LogP contribution >= 0.6 is 15.9 Å². The number of hydrogen-bond acceptors (Lipinski definition) is 3. The van der Waals surface area contributed by atoms with Crippen LogP contribution in [0.4, 0.5) is 0 Å². The van der Waals surface area contributed by atoms with E-state index < -0.39 is 0 Å². The second kappa shape index (κ2) is 7.58. The SMILES string of the molecule is Cc1nc2ccc(Br)cc2c(=O)n1CCCNC1CCCCC1. The maximum absolute atomic E-state index is 12.7. The fourth-order valence-electron chi connectivity index (χ4n) is 3.42. The highest BCUT2D eigenvalue weighted by Crippen LogP contribution is 2.17. The molecule has 1 heterocycles. The van der Waals surface area contributed by atoms with Crippen LogP contribution in [-0.2, 0) is 6.54 Å². The zero-order chi connectivity index (χ0) is 16.2. The first kappa shape index (κ1) is 16.7. The zero-order valence-corrected chi connectivity index (χ0v) is 15.2. The average molecular weight is 378 g/mol. The van der Waals surface area contributed by atoms with Crippen molar-refractivity contribution in [3.05, 3.63) is 38.9 Å². The molecule has 1 aromatic carbocycles. The predicted molar refractivity (Wildman–Crippen MR) is 97.9 cm³/mol. The van der Waals surface area contributed by atoms with Gasteiger partial charge in [-0.05, 0) is 50.9 Å². The van der Waals surface area contributed by atoms with Gasteiger partial charge in [-0.1, -0.05) is 35.2 Å². The van der Waals surface area contributed by atoms with Gasteiger partial charge in [0.05, 0.1) is 10.9 Å². The van der Waals surface area contributed by atoms with Gasteiger partial charge in [-0.2, -0.15) is 0 Å². The van der Waals surface area contributed by atoms with Crippen LogP contribution in [0.5, 0.6) is 0 Å². The molecule has 124 valence electrons. The van der Waals surface area contributed by atoms with Crippen LogP contribution in [0.15, 0.2) is 27.5 Å². The van der Waals surface area contributed by atoms with Crippen molar-refractivity contribution in [1.82, 2.24) is 14.9 Å². The fourth-order valence-corrected chi connectivity index (χ4v) is 3.78. The number of aromatic nitrogens is 2. The lowest BCUT2D eigenvalue weighted by Crippen LogP contribution is -2.33. The van der Waals surface area contributed by atoms with E-state index >= 15 is 0 Å². The maximum atomic E-state index is 12.7. The Bertz CT molecular complexity index is 735. The summed E-state index contributed by atoms with van der Waals surface area (Å²) >= 11 is 3.43. The highest BCUT2D eigenvalue weighted by Gasteiger charge is 2.12. The summed E-state index contributed by atoms with van der Waals surface area (Å²) in [6.07, 6.45) is 7.62. The number of nitrogens with zero attached hydrogens (tertiary/aromatic N) is 2. The molecule has 0 spiro atoms. The van der Waals surface area contributed by atoms with Gasteiger partial charge in [-0.25, -0.2) is 4.98 Å². The maximum Gasteiger partial charge on any atom is 0.261 e. The van der Waals surface area contributed by atoms with Gasteiger partial charge >= 0.3 is 0 Å². The summed E-state index contributed by atoms with van der Waals surface area (Å²) in [6, 6.07) is 6.35. The summed E-state index contributed by atoms with van der Waals surface area (Å²) in [5, 5.41) is 4.32. The topological polar surface area (TPSA) is 46.9 Å². The number of hydrogen-bond donors (Lipinski definition) is 1. The van der Waals surface area contributed by atoms with Crippen molar-refractivity contribution in [2.45, 2.75) is 58.0 Å². The van der Waals surface area contributed by atoms with E-state index in [1.54, 1.807) is 4.57 Å². The van der Waals surface area contributed by atoms with Crippen LogP contribution in [-0.4, -0.2) is 22.1 Å². The molecule has 0 unspecified atom stereocenters. The van der Waals surface area contributed by atoms with Gasteiger partial charge in [-0.15, -0.1) is 0 Å². The standard InChI is InChI=1S/C18H24BrN3O/c1-13-21-17-9-8-14(19)12-16(17)18(23)22(13)11-5-10-20-15-6-3-2-4-7-15/h8-9,12,15,20H,2-7,10-11H2,1H3. The first-order valence-electron chi connectivity index (χ1n) is 8.55. The molecule has 1 fully saturated rings. The first-order valence-corrected chi connectivity index (χ1v) is 9.34. The van der Waals surface area contributed by atoms with E-state index in [9.17, 15) is 4.79 Å². The Balaban J connectivity index is 1.66. The Labute approximate surface area is 145 Å². The van der Waals surface area contributed by atoms with Crippen LogP contribution in [0, 0.1) is 6.92 Å². The minimum Gasteiger partial charge on any atom is -0.314 e.